The number of halogens is 1. The topological polar surface area (TPSA) is 130 Å². The van der Waals surface area contributed by atoms with Crippen LogP contribution in [0.1, 0.15) is 61.6 Å². The summed E-state index contributed by atoms with van der Waals surface area (Å²) in [6.45, 7) is 4.57. The van der Waals surface area contributed by atoms with Crippen molar-refractivity contribution in [1.82, 2.24) is 4.90 Å². The van der Waals surface area contributed by atoms with Crippen molar-refractivity contribution in [1.29, 1.82) is 0 Å². The molecule has 7 N–H and O–H groups in total. The third kappa shape index (κ3) is 4.93. The molecule has 182 valence electrons. The number of nitrogens with two attached hydrogens (primary N) is 1. The molecule has 2 aromatic rings. The molecule has 0 bridgehead atoms. The minimum Gasteiger partial charge on any atom is -0.505 e. The molecule has 2 atom stereocenters. The number of aromatic hydroxyl groups is 3. The fourth-order valence-electron chi connectivity index (χ4n) is 5.58. The Bertz CT molecular complexity index is 1050. The summed E-state index contributed by atoms with van der Waals surface area (Å²) in [5, 5.41) is 52.5. The fourth-order valence-corrected chi connectivity index (χ4v) is 5.76. The van der Waals surface area contributed by atoms with Crippen LogP contribution in [0.4, 0.5) is 0 Å². The number of fused-ring (bicyclic) bond motifs is 1. The van der Waals surface area contributed by atoms with Gasteiger partial charge in [0.15, 0.2) is 30.9 Å². The summed E-state index contributed by atoms with van der Waals surface area (Å²) < 4.78 is 0. The van der Waals surface area contributed by atoms with Gasteiger partial charge in [-0.15, -0.1) is 0 Å². The van der Waals surface area contributed by atoms with Gasteiger partial charge in [-0.1, -0.05) is 23.1 Å². The average Bonchev–Trinajstić information content (AvgIpc) is 3.10. The molecule has 0 amide bonds. The number of aliphatic hydroxyl groups is 2. The zero-order valence-electron chi connectivity index (χ0n) is 20.6. The van der Waals surface area contributed by atoms with Crippen LogP contribution in [0.15, 0.2) is 18.2 Å². The van der Waals surface area contributed by atoms with Crippen molar-refractivity contribution in [2.45, 2.75) is 56.3 Å². The molecule has 0 radical (unpaired) electrons. The maximum absolute atomic E-state index is 10.8. The van der Waals surface area contributed by atoms with Crippen LogP contribution >= 0.6 is 11.6 Å². The summed E-state index contributed by atoms with van der Waals surface area (Å²) in [6, 6.07) is 5.74. The third-order valence-electron chi connectivity index (χ3n) is 7.46. The predicted molar refractivity (Wildman–Crippen MR) is 143 cm³/mol. The quantitative estimate of drug-likeness (QED) is 0.155. The Morgan fingerprint density at radius 3 is 2.29 bits per heavy atom. The van der Waals surface area contributed by atoms with E-state index in [-0.39, 0.29) is 23.3 Å². The van der Waals surface area contributed by atoms with Crippen molar-refractivity contribution in [3.63, 3.8) is 0 Å². The molecule has 0 spiro atoms. The van der Waals surface area contributed by atoms with Crippen LogP contribution in [0, 0.1) is 0 Å². The van der Waals surface area contributed by atoms with Crippen molar-refractivity contribution in [3.8, 4) is 17.2 Å². The van der Waals surface area contributed by atoms with Crippen molar-refractivity contribution in [2.24, 2.45) is 5.73 Å². The lowest BCUT2D eigenvalue weighted by molar-refractivity contribution is -0.226. The standard InChI is InChI=1S/C23H34B3ClN2O5/c1-22(2,29(8-7-28)23(26,33)34)6-5-11-9-15(13-4-3-12(27)10-14(11)13)16-17(24)18(25)20(31)21(32)19(16)30/h3-4,10-11,15,30-34H,5-9,24-26,28H2,1-2H3/t11-,15-/m1/s1. The SMILES string of the molecule is Bc1c(B)c([C@@H]2C[C@@H](CCC(C)(C)N(CCN)C(B)(O)O)c3cc(Cl)ccc32)c(O)c(O)c1O. The summed E-state index contributed by atoms with van der Waals surface area (Å²) >= 11 is 6.35. The van der Waals surface area contributed by atoms with Gasteiger partial charge in [-0.2, -0.15) is 0 Å². The number of rotatable bonds is 8. The first-order valence-electron chi connectivity index (χ1n) is 11.7. The molecule has 2 aromatic carbocycles. The zero-order chi connectivity index (χ0) is 25.6. The second-order valence-corrected chi connectivity index (χ2v) is 10.7. The first-order chi connectivity index (χ1) is 15.7. The van der Waals surface area contributed by atoms with E-state index >= 15 is 0 Å². The molecular formula is C23H34B3ClN2O5. The van der Waals surface area contributed by atoms with Crippen molar-refractivity contribution in [3.05, 3.63) is 39.9 Å². The number of benzene rings is 2. The van der Waals surface area contributed by atoms with Crippen molar-refractivity contribution < 1.29 is 25.5 Å². The van der Waals surface area contributed by atoms with Crippen LogP contribution in [0.3, 0.4) is 0 Å². The highest BCUT2D eigenvalue weighted by Crippen LogP contribution is 2.51. The molecule has 1 aliphatic carbocycles. The summed E-state index contributed by atoms with van der Waals surface area (Å²) in [5.74, 6) is -3.16. The Kier molecular flexibility index (Phi) is 7.61. The van der Waals surface area contributed by atoms with E-state index in [2.05, 4.69) is 0 Å². The van der Waals surface area contributed by atoms with Crippen LogP contribution < -0.4 is 16.7 Å². The van der Waals surface area contributed by atoms with Gasteiger partial charge in [0.05, 0.1) is 0 Å². The van der Waals surface area contributed by atoms with E-state index in [0.717, 1.165) is 23.0 Å². The largest absolute Gasteiger partial charge is 0.505 e. The van der Waals surface area contributed by atoms with Crippen LogP contribution in [0.5, 0.6) is 17.2 Å². The lowest BCUT2D eigenvalue weighted by Crippen LogP contribution is -2.60. The van der Waals surface area contributed by atoms with E-state index in [9.17, 15) is 25.5 Å². The van der Waals surface area contributed by atoms with Gasteiger partial charge in [-0.25, -0.2) is 0 Å². The van der Waals surface area contributed by atoms with Gasteiger partial charge in [0.1, 0.15) is 15.7 Å². The highest BCUT2D eigenvalue weighted by molar-refractivity contribution is 6.51. The van der Waals surface area contributed by atoms with E-state index < -0.39 is 17.1 Å². The zero-order valence-corrected chi connectivity index (χ0v) is 21.3. The Morgan fingerprint density at radius 2 is 1.71 bits per heavy atom. The van der Waals surface area contributed by atoms with Crippen LogP contribution in [-0.4, -0.2) is 78.4 Å². The molecule has 0 saturated heterocycles. The van der Waals surface area contributed by atoms with E-state index in [1.54, 1.807) is 12.7 Å². The monoisotopic (exact) mass is 486 g/mol. The minimum absolute atomic E-state index is 0.108. The Hall–Kier alpha value is -1.84. The number of hydrogen-bond donors (Lipinski definition) is 6. The van der Waals surface area contributed by atoms with Gasteiger partial charge in [0.25, 0.3) is 0 Å². The Morgan fingerprint density at radius 1 is 1.06 bits per heavy atom. The van der Waals surface area contributed by atoms with Crippen molar-refractivity contribution >= 4 is 46.1 Å². The molecule has 0 aliphatic heterocycles. The molecule has 0 unspecified atom stereocenters. The van der Waals surface area contributed by atoms with Crippen LogP contribution in [0.25, 0.3) is 0 Å². The number of phenols is 3. The van der Waals surface area contributed by atoms with Crippen LogP contribution in [-0.2, 0) is 0 Å². The molecule has 0 aromatic heterocycles. The second-order valence-electron chi connectivity index (χ2n) is 10.2. The van der Waals surface area contributed by atoms with Gasteiger partial charge in [-0.05, 0) is 73.3 Å². The van der Waals surface area contributed by atoms with E-state index in [0.29, 0.717) is 42.0 Å². The molecule has 11 heteroatoms. The van der Waals surface area contributed by atoms with Gasteiger partial charge in [0, 0.05) is 29.6 Å². The first kappa shape index (κ1) is 26.8. The molecule has 3 rings (SSSR count). The highest BCUT2D eigenvalue weighted by atomic mass is 35.5. The van der Waals surface area contributed by atoms with Gasteiger partial charge < -0.3 is 31.3 Å². The fraction of sp³-hybridized carbons (Fsp3) is 0.478. The summed E-state index contributed by atoms with van der Waals surface area (Å²) in [7, 11) is 4.90. The number of hydrogen-bond acceptors (Lipinski definition) is 7. The summed E-state index contributed by atoms with van der Waals surface area (Å²) in [6.07, 6.45) is 2.10. The smallest absolute Gasteiger partial charge is 0.199 e. The third-order valence-corrected chi connectivity index (χ3v) is 7.69. The Labute approximate surface area is 208 Å². The number of nitrogens with zero attached hydrogens (tertiary/aromatic N) is 1. The summed E-state index contributed by atoms with van der Waals surface area (Å²) in [4.78, 5) is 1.60. The first-order valence-corrected chi connectivity index (χ1v) is 12.0. The highest BCUT2D eigenvalue weighted by Gasteiger charge is 2.40. The maximum Gasteiger partial charge on any atom is 0.199 e. The van der Waals surface area contributed by atoms with Crippen LogP contribution in [0.2, 0.25) is 5.02 Å². The maximum atomic E-state index is 10.8. The van der Waals surface area contributed by atoms with E-state index in [1.165, 1.54) is 7.85 Å². The molecule has 0 saturated carbocycles. The second kappa shape index (κ2) is 9.67. The molecule has 0 fully saturated rings. The van der Waals surface area contributed by atoms with Crippen molar-refractivity contribution in [2.75, 3.05) is 13.1 Å². The lowest BCUT2D eigenvalue weighted by Gasteiger charge is -2.45. The van der Waals surface area contributed by atoms with E-state index in [1.807, 2.05) is 39.9 Å². The predicted octanol–water partition coefficient (Wildman–Crippen LogP) is -1.36. The molecule has 34 heavy (non-hydrogen) atoms. The molecule has 1 aliphatic rings. The van der Waals surface area contributed by atoms with Gasteiger partial charge >= 0.3 is 0 Å². The molecular weight excluding hydrogens is 452 g/mol. The lowest BCUT2D eigenvalue weighted by atomic mass is 9.72. The number of phenolic OH excluding ortho intramolecular Hbond substituents is 3. The summed E-state index contributed by atoms with van der Waals surface area (Å²) in [5.41, 5.74) is 9.19. The van der Waals surface area contributed by atoms with Gasteiger partial charge in [-0.3, -0.25) is 4.90 Å². The normalized spacial score (nSPS) is 18.4. The minimum atomic E-state index is -1.99. The average molecular weight is 486 g/mol. The van der Waals surface area contributed by atoms with E-state index in [4.69, 9.17) is 17.3 Å². The molecule has 7 nitrogen and oxygen atoms in total. The Balaban J connectivity index is 1.97. The van der Waals surface area contributed by atoms with Gasteiger partial charge in [0.2, 0.25) is 0 Å². The molecule has 0 heterocycles.